The molecule has 0 unspecified atom stereocenters. The maximum absolute atomic E-state index is 5.85. The van der Waals surface area contributed by atoms with Crippen molar-refractivity contribution in [3.8, 4) is 11.3 Å². The highest BCUT2D eigenvalue weighted by Gasteiger charge is 2.03. The quantitative estimate of drug-likeness (QED) is 0.750. The van der Waals surface area contributed by atoms with Crippen LogP contribution in [0, 0.1) is 0 Å². The van der Waals surface area contributed by atoms with Crippen LogP contribution in [0.15, 0.2) is 23.6 Å². The first kappa shape index (κ1) is 8.94. The first-order valence-corrected chi connectivity index (χ1v) is 5.09. The summed E-state index contributed by atoms with van der Waals surface area (Å²) in [5.41, 5.74) is 1.76. The number of hydrogen-bond donors (Lipinski definition) is 0. The van der Waals surface area contributed by atoms with Crippen molar-refractivity contribution in [2.75, 3.05) is 0 Å². The molecule has 2 nitrogen and oxygen atoms in total. The molecule has 0 aliphatic carbocycles. The third-order valence-electron chi connectivity index (χ3n) is 1.58. The average molecular weight is 231 g/mol. The zero-order valence-corrected chi connectivity index (χ0v) is 8.70. The zero-order chi connectivity index (χ0) is 9.26. The van der Waals surface area contributed by atoms with Gasteiger partial charge in [-0.1, -0.05) is 33.8 Å². The van der Waals surface area contributed by atoms with Crippen LogP contribution in [0.2, 0.25) is 10.0 Å². The summed E-state index contributed by atoms with van der Waals surface area (Å²) in [7, 11) is 0. The summed E-state index contributed by atoms with van der Waals surface area (Å²) in [6.07, 6.45) is 0. The van der Waals surface area contributed by atoms with Crippen LogP contribution >= 0.6 is 34.7 Å². The van der Waals surface area contributed by atoms with Gasteiger partial charge in [0.25, 0.3) is 0 Å². The van der Waals surface area contributed by atoms with Gasteiger partial charge in [-0.25, -0.2) is 0 Å². The Bertz CT molecular complexity index is 414. The van der Waals surface area contributed by atoms with Crippen molar-refractivity contribution >= 4 is 34.7 Å². The van der Waals surface area contributed by atoms with Gasteiger partial charge in [-0.2, -0.15) is 0 Å². The highest BCUT2D eigenvalue weighted by atomic mass is 35.5. The lowest BCUT2D eigenvalue weighted by Crippen LogP contribution is -1.78. The maximum Gasteiger partial charge on any atom is 0.105 e. The summed E-state index contributed by atoms with van der Waals surface area (Å²) in [5, 5.41) is 6.87. The first-order valence-electron chi connectivity index (χ1n) is 3.50. The van der Waals surface area contributed by atoms with E-state index in [0.29, 0.717) is 10.0 Å². The van der Waals surface area contributed by atoms with Crippen LogP contribution in [0.4, 0.5) is 0 Å². The van der Waals surface area contributed by atoms with Gasteiger partial charge in [-0.05, 0) is 23.7 Å². The number of rotatable bonds is 1. The van der Waals surface area contributed by atoms with Gasteiger partial charge in [0.05, 0.1) is 10.0 Å². The van der Waals surface area contributed by atoms with Gasteiger partial charge in [0.1, 0.15) is 5.69 Å². The molecule has 2 rings (SSSR count). The average Bonchev–Trinajstić information content (AvgIpc) is 2.62. The van der Waals surface area contributed by atoms with E-state index in [1.807, 2.05) is 11.4 Å². The molecule has 1 aromatic carbocycles. The van der Waals surface area contributed by atoms with Gasteiger partial charge in [0.2, 0.25) is 0 Å². The largest absolute Gasteiger partial charge is 0.138 e. The van der Waals surface area contributed by atoms with Crippen molar-refractivity contribution < 1.29 is 0 Å². The molecule has 13 heavy (non-hydrogen) atoms. The second kappa shape index (κ2) is 3.62. The van der Waals surface area contributed by atoms with Crippen LogP contribution in [0.5, 0.6) is 0 Å². The number of benzene rings is 1. The predicted molar refractivity (Wildman–Crippen MR) is 55.4 cm³/mol. The standard InChI is InChI=1S/C8H4Cl2N2S/c9-6-2-1-5(3-7(6)10)8-4-13-12-11-8/h1-4H. The smallest absolute Gasteiger partial charge is 0.105 e. The maximum atomic E-state index is 5.85. The molecular weight excluding hydrogens is 227 g/mol. The molecule has 0 radical (unpaired) electrons. The van der Waals surface area contributed by atoms with Crippen LogP contribution in [0.1, 0.15) is 0 Å². The third-order valence-corrected chi connectivity index (χ3v) is 2.82. The molecular formula is C8H4Cl2N2S. The normalized spacial score (nSPS) is 10.3. The van der Waals surface area contributed by atoms with E-state index in [9.17, 15) is 0 Å². The number of nitrogens with zero attached hydrogens (tertiary/aromatic N) is 2. The van der Waals surface area contributed by atoms with Crippen molar-refractivity contribution in [2.24, 2.45) is 0 Å². The minimum atomic E-state index is 0.534. The van der Waals surface area contributed by atoms with Gasteiger partial charge < -0.3 is 0 Å². The topological polar surface area (TPSA) is 25.8 Å². The molecule has 66 valence electrons. The Hall–Kier alpha value is -0.640. The molecule has 0 saturated heterocycles. The molecule has 0 aliphatic rings. The van der Waals surface area contributed by atoms with E-state index < -0.39 is 0 Å². The zero-order valence-electron chi connectivity index (χ0n) is 6.37. The molecule has 0 aliphatic heterocycles. The van der Waals surface area contributed by atoms with Gasteiger partial charge in [-0.3, -0.25) is 0 Å². The van der Waals surface area contributed by atoms with Gasteiger partial charge >= 0.3 is 0 Å². The summed E-state index contributed by atoms with van der Waals surface area (Å²) < 4.78 is 3.77. The highest BCUT2D eigenvalue weighted by molar-refractivity contribution is 7.03. The number of hydrogen-bond acceptors (Lipinski definition) is 3. The van der Waals surface area contributed by atoms with Gasteiger partial charge in [0.15, 0.2) is 0 Å². The highest BCUT2D eigenvalue weighted by Crippen LogP contribution is 2.27. The van der Waals surface area contributed by atoms with Crippen molar-refractivity contribution in [3.05, 3.63) is 33.6 Å². The first-order chi connectivity index (χ1) is 6.27. The van der Waals surface area contributed by atoms with Crippen LogP contribution in [-0.2, 0) is 0 Å². The molecule has 0 N–H and O–H groups in total. The monoisotopic (exact) mass is 230 g/mol. The van der Waals surface area contributed by atoms with E-state index in [4.69, 9.17) is 23.2 Å². The predicted octanol–water partition coefficient (Wildman–Crippen LogP) is 3.51. The number of aromatic nitrogens is 2. The van der Waals surface area contributed by atoms with E-state index in [2.05, 4.69) is 9.59 Å². The summed E-state index contributed by atoms with van der Waals surface area (Å²) in [4.78, 5) is 0. The molecule has 1 aromatic heterocycles. The summed E-state index contributed by atoms with van der Waals surface area (Å²) in [5.74, 6) is 0. The Morgan fingerprint density at radius 2 is 2.00 bits per heavy atom. The molecule has 0 atom stereocenters. The minimum Gasteiger partial charge on any atom is -0.138 e. The van der Waals surface area contributed by atoms with Crippen LogP contribution in [0.25, 0.3) is 11.3 Å². The minimum absolute atomic E-state index is 0.534. The third kappa shape index (κ3) is 1.82. The molecule has 5 heteroatoms. The lowest BCUT2D eigenvalue weighted by atomic mass is 10.2. The van der Waals surface area contributed by atoms with Crippen LogP contribution < -0.4 is 0 Å². The fourth-order valence-corrected chi connectivity index (χ4v) is 1.71. The van der Waals surface area contributed by atoms with E-state index in [-0.39, 0.29) is 0 Å². The van der Waals surface area contributed by atoms with Crippen LogP contribution in [-0.4, -0.2) is 9.59 Å². The van der Waals surface area contributed by atoms with Crippen molar-refractivity contribution in [2.45, 2.75) is 0 Å². The number of halogens is 2. The SMILES string of the molecule is Clc1ccc(-c2csnn2)cc1Cl. The Labute approximate surface area is 89.3 Å². The van der Waals surface area contributed by atoms with Crippen LogP contribution in [0.3, 0.4) is 0 Å². The molecule has 0 saturated carbocycles. The fourth-order valence-electron chi connectivity index (χ4n) is 0.946. The van der Waals surface area contributed by atoms with Crippen molar-refractivity contribution in [1.29, 1.82) is 0 Å². The second-order valence-electron chi connectivity index (χ2n) is 2.42. The summed E-state index contributed by atoms with van der Waals surface area (Å²) in [6, 6.07) is 5.39. The lowest BCUT2D eigenvalue weighted by Gasteiger charge is -1.98. The molecule has 0 spiro atoms. The van der Waals surface area contributed by atoms with Gasteiger partial charge in [0, 0.05) is 10.9 Å². The lowest BCUT2D eigenvalue weighted by molar-refractivity contribution is 1.16. The summed E-state index contributed by atoms with van der Waals surface area (Å²) in [6.45, 7) is 0. The second-order valence-corrected chi connectivity index (χ2v) is 3.84. The Morgan fingerprint density at radius 1 is 1.15 bits per heavy atom. The molecule has 0 fully saturated rings. The van der Waals surface area contributed by atoms with E-state index in [1.54, 1.807) is 12.1 Å². The van der Waals surface area contributed by atoms with E-state index in [1.165, 1.54) is 11.5 Å². The molecule has 0 bridgehead atoms. The van der Waals surface area contributed by atoms with E-state index >= 15 is 0 Å². The molecule has 2 aromatic rings. The Balaban J connectivity index is 2.49. The van der Waals surface area contributed by atoms with E-state index in [0.717, 1.165) is 11.3 Å². The van der Waals surface area contributed by atoms with Crippen molar-refractivity contribution in [1.82, 2.24) is 9.59 Å². The van der Waals surface area contributed by atoms with Gasteiger partial charge in [-0.15, -0.1) is 5.10 Å². The molecule has 0 amide bonds. The Kier molecular flexibility index (Phi) is 2.49. The Morgan fingerprint density at radius 3 is 2.62 bits per heavy atom. The summed E-state index contributed by atoms with van der Waals surface area (Å²) >= 11 is 12.9. The van der Waals surface area contributed by atoms with Crippen molar-refractivity contribution in [3.63, 3.8) is 0 Å². The fraction of sp³-hybridized carbons (Fsp3) is 0. The molecule has 1 heterocycles.